The van der Waals surface area contributed by atoms with Crippen molar-refractivity contribution in [1.29, 1.82) is 0 Å². The van der Waals surface area contributed by atoms with Crippen LogP contribution in [0.4, 0.5) is 0 Å². The van der Waals surface area contributed by atoms with Crippen molar-refractivity contribution in [2.45, 2.75) is 26.0 Å². The van der Waals surface area contributed by atoms with Crippen molar-refractivity contribution in [3.8, 4) is 5.75 Å². The number of aromatic nitrogens is 3. The molecule has 1 unspecified atom stereocenters. The van der Waals surface area contributed by atoms with Gasteiger partial charge in [0, 0.05) is 31.8 Å². The molecule has 1 amide bonds. The van der Waals surface area contributed by atoms with Gasteiger partial charge in [0.15, 0.2) is 0 Å². The van der Waals surface area contributed by atoms with Gasteiger partial charge in [-0.25, -0.2) is 0 Å². The molecule has 0 N–H and O–H groups in total. The molecule has 3 heterocycles. The van der Waals surface area contributed by atoms with E-state index in [0.717, 1.165) is 30.1 Å². The van der Waals surface area contributed by atoms with Crippen molar-refractivity contribution >= 4 is 5.91 Å². The molecule has 0 bridgehead atoms. The van der Waals surface area contributed by atoms with Gasteiger partial charge in [-0.1, -0.05) is 0 Å². The van der Waals surface area contributed by atoms with Crippen LogP contribution >= 0.6 is 0 Å². The number of amides is 1. The second-order valence-corrected chi connectivity index (χ2v) is 6.59. The first-order valence-electron chi connectivity index (χ1n) is 8.36. The van der Waals surface area contributed by atoms with Crippen LogP contribution in [0, 0.1) is 6.92 Å². The van der Waals surface area contributed by atoms with Gasteiger partial charge in [0.2, 0.25) is 0 Å². The third-order valence-corrected chi connectivity index (χ3v) is 4.02. The third kappa shape index (κ3) is 4.51. The summed E-state index contributed by atoms with van der Waals surface area (Å²) < 4.78 is 6.06. The molecule has 0 saturated carbocycles. The van der Waals surface area contributed by atoms with Gasteiger partial charge in [-0.05, 0) is 33.2 Å². The van der Waals surface area contributed by atoms with Crippen LogP contribution < -0.4 is 4.74 Å². The normalized spacial score (nSPS) is 17.1. The average Bonchev–Trinajstić information content (AvgIpc) is 3.02. The van der Waals surface area contributed by atoms with E-state index in [1.165, 1.54) is 6.20 Å². The predicted octanol–water partition coefficient (Wildman–Crippen LogP) is 1.54. The number of aryl methyl sites for hydroxylation is 1. The van der Waals surface area contributed by atoms with Crippen molar-refractivity contribution in [2.24, 2.45) is 0 Å². The maximum Gasteiger partial charge on any atom is 0.255 e. The molecule has 1 atom stereocenters. The smallest absolute Gasteiger partial charge is 0.255 e. The summed E-state index contributed by atoms with van der Waals surface area (Å²) in [4.78, 5) is 20.8. The Morgan fingerprint density at radius 3 is 3.00 bits per heavy atom. The van der Waals surface area contributed by atoms with Crippen molar-refractivity contribution in [2.75, 3.05) is 27.2 Å². The Morgan fingerprint density at radius 1 is 1.40 bits per heavy atom. The van der Waals surface area contributed by atoms with E-state index in [4.69, 9.17) is 4.74 Å². The largest absolute Gasteiger partial charge is 0.488 e. The predicted molar refractivity (Wildman–Crippen MR) is 93.3 cm³/mol. The number of hydrogen-bond donors (Lipinski definition) is 0. The van der Waals surface area contributed by atoms with Crippen LogP contribution in [0.2, 0.25) is 0 Å². The fourth-order valence-electron chi connectivity index (χ4n) is 2.91. The summed E-state index contributed by atoms with van der Waals surface area (Å²) in [5.74, 6) is 0.777. The van der Waals surface area contributed by atoms with Gasteiger partial charge in [-0.2, -0.15) is 10.2 Å². The van der Waals surface area contributed by atoms with E-state index in [-0.39, 0.29) is 12.0 Å². The van der Waals surface area contributed by atoms with Gasteiger partial charge in [0.25, 0.3) is 5.91 Å². The molecule has 1 aliphatic heterocycles. The van der Waals surface area contributed by atoms with Crippen molar-refractivity contribution in [3.63, 3.8) is 0 Å². The van der Waals surface area contributed by atoms with Crippen molar-refractivity contribution in [3.05, 3.63) is 47.5 Å². The zero-order valence-electron chi connectivity index (χ0n) is 14.8. The number of carbonyl (C=O) groups is 1. The minimum absolute atomic E-state index is 0.00514. The first-order valence-corrected chi connectivity index (χ1v) is 8.36. The van der Waals surface area contributed by atoms with Gasteiger partial charge < -0.3 is 14.5 Å². The van der Waals surface area contributed by atoms with E-state index >= 15 is 0 Å². The van der Waals surface area contributed by atoms with E-state index in [0.29, 0.717) is 18.7 Å². The second-order valence-electron chi connectivity index (χ2n) is 6.59. The molecule has 132 valence electrons. The number of rotatable bonds is 5. The van der Waals surface area contributed by atoms with Gasteiger partial charge in [-0.3, -0.25) is 9.78 Å². The molecular formula is C18H23N5O2. The van der Waals surface area contributed by atoms with E-state index in [1.54, 1.807) is 12.3 Å². The first kappa shape index (κ1) is 17.3. The number of likely N-dealkylation sites (tertiary alicyclic amines) is 1. The fourth-order valence-corrected chi connectivity index (χ4v) is 2.91. The van der Waals surface area contributed by atoms with Crippen molar-refractivity contribution < 1.29 is 9.53 Å². The summed E-state index contributed by atoms with van der Waals surface area (Å²) in [7, 11) is 4.01. The van der Waals surface area contributed by atoms with Gasteiger partial charge >= 0.3 is 0 Å². The lowest BCUT2D eigenvalue weighted by Gasteiger charge is -2.17. The molecule has 0 aromatic carbocycles. The Balaban J connectivity index is 1.60. The zero-order valence-corrected chi connectivity index (χ0v) is 14.8. The molecule has 3 rings (SSSR count). The Labute approximate surface area is 147 Å². The Morgan fingerprint density at radius 2 is 2.24 bits per heavy atom. The molecule has 1 saturated heterocycles. The molecular weight excluding hydrogens is 318 g/mol. The lowest BCUT2D eigenvalue weighted by atomic mass is 10.2. The minimum Gasteiger partial charge on any atom is -0.488 e. The van der Waals surface area contributed by atoms with Gasteiger partial charge in [0.1, 0.15) is 11.9 Å². The Bertz CT molecular complexity index is 750. The summed E-state index contributed by atoms with van der Waals surface area (Å²) in [6, 6.07) is 5.58. The van der Waals surface area contributed by atoms with Gasteiger partial charge in [0.05, 0.1) is 29.7 Å². The molecule has 0 spiro atoms. The summed E-state index contributed by atoms with van der Waals surface area (Å²) in [6.45, 7) is 3.85. The molecule has 2 aromatic rings. The SMILES string of the molecule is Cc1cc(C(=O)N2CCC(Oc3ccnc(CN(C)C)c3)C2)cnn1. The highest BCUT2D eigenvalue weighted by Crippen LogP contribution is 2.20. The molecule has 25 heavy (non-hydrogen) atoms. The zero-order chi connectivity index (χ0) is 17.8. The molecule has 7 nitrogen and oxygen atoms in total. The highest BCUT2D eigenvalue weighted by molar-refractivity contribution is 5.94. The second kappa shape index (κ2) is 7.57. The lowest BCUT2D eigenvalue weighted by molar-refractivity contribution is 0.0771. The lowest BCUT2D eigenvalue weighted by Crippen LogP contribution is -2.31. The van der Waals surface area contributed by atoms with E-state index < -0.39 is 0 Å². The highest BCUT2D eigenvalue weighted by atomic mass is 16.5. The topological polar surface area (TPSA) is 71.5 Å². The van der Waals surface area contributed by atoms with Crippen LogP contribution in [-0.2, 0) is 6.54 Å². The third-order valence-electron chi connectivity index (χ3n) is 4.02. The standard InChI is InChI=1S/C18H23N5O2/c1-13-8-14(10-20-21-13)18(24)23-7-5-17(12-23)25-16-4-6-19-15(9-16)11-22(2)3/h4,6,8-10,17H,5,7,11-12H2,1-3H3. The fraction of sp³-hybridized carbons (Fsp3) is 0.444. The van der Waals surface area contributed by atoms with Gasteiger partial charge in [-0.15, -0.1) is 0 Å². The van der Waals surface area contributed by atoms with E-state index in [2.05, 4.69) is 20.1 Å². The Kier molecular flexibility index (Phi) is 5.23. The molecule has 1 fully saturated rings. The van der Waals surface area contributed by atoms with Crippen LogP contribution in [0.25, 0.3) is 0 Å². The summed E-state index contributed by atoms with van der Waals surface area (Å²) in [5.41, 5.74) is 2.28. The maximum atomic E-state index is 12.6. The number of hydrogen-bond acceptors (Lipinski definition) is 6. The summed E-state index contributed by atoms with van der Waals surface area (Å²) in [5, 5.41) is 7.75. The van der Waals surface area contributed by atoms with Crippen LogP contribution in [0.1, 0.15) is 28.2 Å². The summed E-state index contributed by atoms with van der Waals surface area (Å²) in [6.07, 6.45) is 4.08. The Hall–Kier alpha value is -2.54. The molecule has 2 aromatic heterocycles. The van der Waals surface area contributed by atoms with Crippen molar-refractivity contribution in [1.82, 2.24) is 25.0 Å². The molecule has 0 aliphatic carbocycles. The average molecular weight is 341 g/mol. The monoisotopic (exact) mass is 341 g/mol. The number of ether oxygens (including phenoxy) is 1. The van der Waals surface area contributed by atoms with Crippen LogP contribution in [0.5, 0.6) is 5.75 Å². The quantitative estimate of drug-likeness (QED) is 0.821. The first-order chi connectivity index (χ1) is 12.0. The van der Waals surface area contributed by atoms with Crippen LogP contribution in [0.15, 0.2) is 30.6 Å². The molecule has 7 heteroatoms. The van der Waals surface area contributed by atoms with Crippen LogP contribution in [-0.4, -0.2) is 64.2 Å². The molecule has 1 aliphatic rings. The van der Waals surface area contributed by atoms with Crippen LogP contribution in [0.3, 0.4) is 0 Å². The number of carbonyl (C=O) groups excluding carboxylic acids is 1. The minimum atomic E-state index is -0.0212. The number of nitrogens with zero attached hydrogens (tertiary/aromatic N) is 5. The number of pyridine rings is 1. The molecule has 0 radical (unpaired) electrons. The highest BCUT2D eigenvalue weighted by Gasteiger charge is 2.28. The van der Waals surface area contributed by atoms with E-state index in [9.17, 15) is 4.79 Å². The van der Waals surface area contributed by atoms with E-state index in [1.807, 2.05) is 38.1 Å². The summed E-state index contributed by atoms with van der Waals surface area (Å²) >= 11 is 0. The maximum absolute atomic E-state index is 12.6.